The van der Waals surface area contributed by atoms with E-state index in [0.717, 1.165) is 6.07 Å². The molecule has 2 aromatic heterocycles. The van der Waals surface area contributed by atoms with Gasteiger partial charge >= 0.3 is 0 Å². The summed E-state index contributed by atoms with van der Waals surface area (Å²) in [6.45, 7) is 0. The summed E-state index contributed by atoms with van der Waals surface area (Å²) in [5.74, 6) is -2.80. The molecule has 0 aliphatic heterocycles. The predicted molar refractivity (Wildman–Crippen MR) is 90.2 cm³/mol. The van der Waals surface area contributed by atoms with Crippen molar-refractivity contribution in [2.45, 2.75) is 5.24 Å². The molecule has 6 nitrogen and oxygen atoms in total. The number of phenols is 1. The van der Waals surface area contributed by atoms with Crippen LogP contribution in [0, 0.1) is 11.6 Å². The molecule has 25 heavy (non-hydrogen) atoms. The highest BCUT2D eigenvalue weighted by Crippen LogP contribution is 2.37. The Kier molecular flexibility index (Phi) is 4.24. The summed E-state index contributed by atoms with van der Waals surface area (Å²) in [6.07, 6.45) is 2.67. The van der Waals surface area contributed by atoms with Crippen LogP contribution in [0.3, 0.4) is 0 Å². The SMILES string of the molecule is [B]C([B])([B])Nc1ccc(-c2c(O)cc(-c3cn[nH]c3)c(F)c2F)nn1. The molecule has 3 aromatic rings. The van der Waals surface area contributed by atoms with E-state index in [1.807, 2.05) is 0 Å². The molecule has 0 bridgehead atoms. The van der Waals surface area contributed by atoms with Gasteiger partial charge in [-0.15, -0.1) is 10.2 Å². The number of nitrogens with one attached hydrogen (secondary N) is 2. The van der Waals surface area contributed by atoms with Crippen LogP contribution in [-0.4, -0.2) is 54.3 Å². The monoisotopic (exact) mass is 333 g/mol. The number of anilines is 1. The largest absolute Gasteiger partial charge is 0.507 e. The van der Waals surface area contributed by atoms with Crippen molar-refractivity contribution >= 4 is 29.4 Å². The van der Waals surface area contributed by atoms with Crippen LogP contribution in [0.5, 0.6) is 5.75 Å². The molecule has 0 spiro atoms. The molecular weight excluding hydrogens is 325 g/mol. The van der Waals surface area contributed by atoms with E-state index < -0.39 is 28.2 Å². The second-order valence-electron chi connectivity index (χ2n) is 5.30. The van der Waals surface area contributed by atoms with E-state index in [2.05, 4.69) is 25.7 Å². The zero-order valence-corrected chi connectivity index (χ0v) is 12.7. The van der Waals surface area contributed by atoms with Gasteiger partial charge in [-0.25, -0.2) is 8.78 Å². The van der Waals surface area contributed by atoms with E-state index >= 15 is 0 Å². The molecule has 0 aliphatic rings. The highest BCUT2D eigenvalue weighted by Gasteiger charge is 2.22. The van der Waals surface area contributed by atoms with E-state index in [4.69, 9.17) is 23.5 Å². The van der Waals surface area contributed by atoms with Gasteiger partial charge in [-0.3, -0.25) is 5.10 Å². The molecule has 1 aromatic carbocycles. The van der Waals surface area contributed by atoms with Crippen molar-refractivity contribution in [3.63, 3.8) is 0 Å². The van der Waals surface area contributed by atoms with Crippen molar-refractivity contribution in [1.29, 1.82) is 0 Å². The van der Waals surface area contributed by atoms with Crippen LogP contribution in [0.2, 0.25) is 0 Å². The lowest BCUT2D eigenvalue weighted by Gasteiger charge is -2.22. The average Bonchev–Trinajstić information content (AvgIpc) is 3.05. The van der Waals surface area contributed by atoms with Crippen LogP contribution in [0.4, 0.5) is 14.6 Å². The molecule has 0 fully saturated rings. The zero-order valence-electron chi connectivity index (χ0n) is 12.7. The summed E-state index contributed by atoms with van der Waals surface area (Å²) in [5.41, 5.74) is -0.370. The summed E-state index contributed by atoms with van der Waals surface area (Å²) >= 11 is 0. The van der Waals surface area contributed by atoms with Gasteiger partial charge in [-0.1, -0.05) is 5.24 Å². The number of phenolic OH excluding ortho intramolecular Hbond substituents is 1. The van der Waals surface area contributed by atoms with Crippen molar-refractivity contribution < 1.29 is 13.9 Å². The summed E-state index contributed by atoms with van der Waals surface area (Å²) in [6, 6.07) is 3.73. The van der Waals surface area contributed by atoms with Gasteiger partial charge in [-0.2, -0.15) is 5.10 Å². The molecule has 0 saturated heterocycles. The molecule has 0 unspecified atom stereocenters. The highest BCUT2D eigenvalue weighted by molar-refractivity contribution is 6.60. The second-order valence-corrected chi connectivity index (χ2v) is 5.30. The third-order valence-electron chi connectivity index (χ3n) is 3.26. The van der Waals surface area contributed by atoms with Crippen LogP contribution >= 0.6 is 0 Å². The molecular formula is C14H8B3F2N5O. The standard InChI is InChI=1S/C14H8B3F2N5O/c15-14(16,17)22-10-2-1-8(23-24-10)11-9(25)3-7(12(18)13(11)19)6-4-20-21-5-6/h1-5,25H,(H,20,21)(H,22,24). The number of rotatable bonds is 4. The number of aromatic nitrogens is 4. The molecule has 2 heterocycles. The Bertz CT molecular complexity index is 898. The first-order valence-corrected chi connectivity index (χ1v) is 6.95. The van der Waals surface area contributed by atoms with Gasteiger partial charge in [0.05, 0.1) is 41.0 Å². The van der Waals surface area contributed by atoms with Crippen LogP contribution in [0.15, 0.2) is 30.6 Å². The Morgan fingerprint density at radius 2 is 1.88 bits per heavy atom. The maximum Gasteiger partial charge on any atom is 0.172 e. The first kappa shape index (κ1) is 17.0. The number of aromatic amines is 1. The van der Waals surface area contributed by atoms with Crippen LogP contribution < -0.4 is 5.32 Å². The highest BCUT2D eigenvalue weighted by atomic mass is 19.2. The molecule has 11 heteroatoms. The first-order chi connectivity index (χ1) is 11.8. The number of benzene rings is 1. The maximum atomic E-state index is 14.5. The molecule has 0 amide bonds. The molecule has 0 aliphatic carbocycles. The van der Waals surface area contributed by atoms with Crippen molar-refractivity contribution in [2.24, 2.45) is 0 Å². The maximum absolute atomic E-state index is 14.5. The first-order valence-electron chi connectivity index (χ1n) is 6.95. The third-order valence-corrected chi connectivity index (χ3v) is 3.26. The summed E-state index contributed by atoms with van der Waals surface area (Å²) in [4.78, 5) is 0. The minimum Gasteiger partial charge on any atom is -0.507 e. The number of hydrogen-bond acceptors (Lipinski definition) is 5. The normalized spacial score (nSPS) is 11.4. The smallest absolute Gasteiger partial charge is 0.172 e. The summed E-state index contributed by atoms with van der Waals surface area (Å²) in [7, 11) is 16.1. The molecule has 0 saturated carbocycles. The summed E-state index contributed by atoms with van der Waals surface area (Å²) < 4.78 is 28.8. The van der Waals surface area contributed by atoms with Gasteiger partial charge in [0, 0.05) is 17.3 Å². The lowest BCUT2D eigenvalue weighted by atomic mass is 9.49. The van der Waals surface area contributed by atoms with E-state index in [-0.39, 0.29) is 22.6 Å². The Balaban J connectivity index is 2.02. The lowest BCUT2D eigenvalue weighted by molar-refractivity contribution is 0.459. The van der Waals surface area contributed by atoms with Crippen molar-refractivity contribution in [3.05, 3.63) is 42.2 Å². The lowest BCUT2D eigenvalue weighted by Crippen LogP contribution is -2.40. The van der Waals surface area contributed by atoms with E-state index in [9.17, 15) is 13.9 Å². The van der Waals surface area contributed by atoms with Gasteiger partial charge in [0.2, 0.25) is 0 Å². The van der Waals surface area contributed by atoms with Gasteiger partial charge in [0.15, 0.2) is 11.6 Å². The number of hydrogen-bond donors (Lipinski definition) is 3. The fourth-order valence-electron chi connectivity index (χ4n) is 2.22. The molecule has 3 N–H and O–H groups in total. The Labute approximate surface area is 145 Å². The minimum absolute atomic E-state index is 0.0881. The van der Waals surface area contributed by atoms with Crippen LogP contribution in [0.25, 0.3) is 22.4 Å². The van der Waals surface area contributed by atoms with Crippen molar-refractivity contribution in [1.82, 2.24) is 20.4 Å². The fourth-order valence-corrected chi connectivity index (χ4v) is 2.22. The van der Waals surface area contributed by atoms with E-state index in [1.54, 1.807) is 0 Å². The Morgan fingerprint density at radius 3 is 2.44 bits per heavy atom. The van der Waals surface area contributed by atoms with Crippen LogP contribution in [0.1, 0.15) is 0 Å². The number of aromatic hydroxyl groups is 1. The topological polar surface area (TPSA) is 86.7 Å². The Hall–Kier alpha value is -2.84. The number of halogens is 2. The van der Waals surface area contributed by atoms with Gasteiger partial charge in [0.25, 0.3) is 0 Å². The van der Waals surface area contributed by atoms with E-state index in [1.165, 1.54) is 24.5 Å². The predicted octanol–water partition coefficient (Wildman–Crippen LogP) is 1.05. The van der Waals surface area contributed by atoms with Crippen molar-refractivity contribution in [2.75, 3.05) is 5.32 Å². The second kappa shape index (κ2) is 6.23. The van der Waals surface area contributed by atoms with Gasteiger partial charge < -0.3 is 10.4 Å². The van der Waals surface area contributed by atoms with Crippen LogP contribution in [-0.2, 0) is 0 Å². The molecule has 6 radical (unpaired) electrons. The van der Waals surface area contributed by atoms with E-state index in [0.29, 0.717) is 0 Å². The zero-order chi connectivity index (χ0) is 18.2. The Morgan fingerprint density at radius 1 is 1.12 bits per heavy atom. The van der Waals surface area contributed by atoms with Crippen molar-refractivity contribution in [3.8, 4) is 28.1 Å². The summed E-state index contributed by atoms with van der Waals surface area (Å²) in [5, 5.41) is 24.4. The number of H-pyrrole nitrogens is 1. The number of nitrogens with zero attached hydrogens (tertiary/aromatic N) is 3. The fraction of sp³-hybridized carbons (Fsp3) is 0.0714. The molecule has 0 atom stereocenters. The third kappa shape index (κ3) is 3.49. The van der Waals surface area contributed by atoms with Gasteiger partial charge in [0.1, 0.15) is 11.6 Å². The minimum atomic E-state index is -1.72. The molecule has 118 valence electrons. The average molecular weight is 333 g/mol. The quantitative estimate of drug-likeness (QED) is 0.622. The van der Waals surface area contributed by atoms with Gasteiger partial charge in [-0.05, 0) is 18.2 Å². The molecule has 3 rings (SSSR count).